The van der Waals surface area contributed by atoms with Gasteiger partial charge in [-0.2, -0.15) is 0 Å². The molecule has 0 aliphatic carbocycles. The zero-order valence-corrected chi connectivity index (χ0v) is 9.47. The van der Waals surface area contributed by atoms with Crippen LogP contribution in [-0.4, -0.2) is 25.9 Å². The molecule has 1 N–H and O–H groups in total. The van der Waals surface area contributed by atoms with Gasteiger partial charge in [0, 0.05) is 23.4 Å². The summed E-state index contributed by atoms with van der Waals surface area (Å²) >= 11 is 0. The zero-order chi connectivity index (χ0) is 11.5. The summed E-state index contributed by atoms with van der Waals surface area (Å²) in [7, 11) is 1.30. The van der Waals surface area contributed by atoms with Crippen molar-refractivity contribution < 1.29 is 13.2 Å². The van der Waals surface area contributed by atoms with Crippen LogP contribution in [-0.2, 0) is 9.05 Å². The summed E-state index contributed by atoms with van der Waals surface area (Å²) in [6, 6.07) is 2.36. The van der Waals surface area contributed by atoms with Crippen molar-refractivity contribution in [3.8, 4) is 0 Å². The Labute approximate surface area is 91.9 Å². The van der Waals surface area contributed by atoms with Gasteiger partial charge in [-0.1, -0.05) is 0 Å². The van der Waals surface area contributed by atoms with Crippen molar-refractivity contribution in [3.05, 3.63) is 24.0 Å². The fourth-order valence-corrected chi connectivity index (χ4v) is 1.70. The van der Waals surface area contributed by atoms with E-state index in [1.54, 1.807) is 6.92 Å². The number of amides is 1. The maximum atomic E-state index is 11.3. The van der Waals surface area contributed by atoms with E-state index in [2.05, 4.69) is 10.3 Å². The first-order chi connectivity index (χ1) is 6.95. The minimum atomic E-state index is -3.82. The highest BCUT2D eigenvalue weighted by Gasteiger charge is 2.13. The van der Waals surface area contributed by atoms with E-state index in [9.17, 15) is 13.2 Å². The van der Waals surface area contributed by atoms with E-state index >= 15 is 0 Å². The molecule has 0 unspecified atom stereocenters. The number of hydrogen-bond donors (Lipinski definition) is 1. The van der Waals surface area contributed by atoms with Gasteiger partial charge in [0.05, 0.1) is 4.90 Å². The van der Waals surface area contributed by atoms with Crippen LogP contribution in [0.25, 0.3) is 0 Å². The molecule has 0 aromatic carbocycles. The fourth-order valence-electron chi connectivity index (χ4n) is 0.938. The van der Waals surface area contributed by atoms with E-state index in [0.717, 1.165) is 6.07 Å². The van der Waals surface area contributed by atoms with Crippen molar-refractivity contribution in [2.24, 2.45) is 0 Å². The van der Waals surface area contributed by atoms with E-state index in [4.69, 9.17) is 10.7 Å². The second-order valence-electron chi connectivity index (χ2n) is 2.67. The first-order valence-electron chi connectivity index (χ1n) is 4.14. The molecule has 0 aliphatic rings. The Balaban J connectivity index is 3.09. The van der Waals surface area contributed by atoms with Crippen LogP contribution in [0.3, 0.4) is 0 Å². The Bertz CT molecular complexity index is 473. The van der Waals surface area contributed by atoms with Gasteiger partial charge in [-0.15, -0.1) is 0 Å². The molecule has 1 heterocycles. The van der Waals surface area contributed by atoms with Crippen molar-refractivity contribution in [1.82, 2.24) is 10.3 Å². The van der Waals surface area contributed by atoms with Crippen molar-refractivity contribution in [1.29, 1.82) is 0 Å². The first-order valence-corrected chi connectivity index (χ1v) is 6.45. The summed E-state index contributed by atoms with van der Waals surface area (Å²) in [6.45, 7) is 2.19. The number of carbonyl (C=O) groups excluding carboxylic acids is 1. The van der Waals surface area contributed by atoms with Crippen molar-refractivity contribution in [3.63, 3.8) is 0 Å². The number of rotatable bonds is 3. The van der Waals surface area contributed by atoms with Crippen LogP contribution in [0.1, 0.15) is 17.4 Å². The minimum Gasteiger partial charge on any atom is -0.351 e. The van der Waals surface area contributed by atoms with E-state index in [0.29, 0.717) is 6.54 Å². The number of carbonyl (C=O) groups is 1. The van der Waals surface area contributed by atoms with Gasteiger partial charge in [0.2, 0.25) is 0 Å². The second-order valence-corrected chi connectivity index (χ2v) is 5.24. The Morgan fingerprint density at radius 2 is 2.27 bits per heavy atom. The summed E-state index contributed by atoms with van der Waals surface area (Å²) in [5, 5.41) is 2.50. The molecule has 82 valence electrons. The molecule has 0 saturated carbocycles. The van der Waals surface area contributed by atoms with Crippen LogP contribution in [0.5, 0.6) is 0 Å². The van der Waals surface area contributed by atoms with Crippen LogP contribution >= 0.6 is 10.7 Å². The van der Waals surface area contributed by atoms with Crippen LogP contribution < -0.4 is 5.32 Å². The summed E-state index contributed by atoms with van der Waals surface area (Å²) in [5.74, 6) is -0.431. The largest absolute Gasteiger partial charge is 0.351 e. The highest BCUT2D eigenvalue weighted by atomic mass is 35.7. The summed E-state index contributed by atoms with van der Waals surface area (Å²) in [4.78, 5) is 14.9. The molecule has 0 bridgehead atoms. The lowest BCUT2D eigenvalue weighted by Gasteiger charge is -2.02. The zero-order valence-electron chi connectivity index (χ0n) is 7.90. The van der Waals surface area contributed by atoms with E-state index < -0.39 is 15.0 Å². The Kier molecular flexibility index (Phi) is 3.65. The average molecular weight is 249 g/mol. The topological polar surface area (TPSA) is 76.1 Å². The third-order valence-corrected chi connectivity index (χ3v) is 2.93. The third kappa shape index (κ3) is 3.17. The standard InChI is InChI=1S/C8H9ClN2O3S/c1-2-10-8(12)7-5-6(3-4-11-7)15(9,13)14/h3-5H,2H2,1H3,(H,10,12). The Morgan fingerprint density at radius 3 is 2.80 bits per heavy atom. The van der Waals surface area contributed by atoms with Crippen molar-refractivity contribution in [2.75, 3.05) is 6.54 Å². The predicted molar refractivity (Wildman–Crippen MR) is 55.3 cm³/mol. The molecule has 0 atom stereocenters. The van der Waals surface area contributed by atoms with E-state index in [1.807, 2.05) is 0 Å². The van der Waals surface area contributed by atoms with Gasteiger partial charge in [0.1, 0.15) is 5.69 Å². The van der Waals surface area contributed by atoms with Gasteiger partial charge in [0.15, 0.2) is 0 Å². The number of nitrogens with zero attached hydrogens (tertiary/aromatic N) is 1. The van der Waals surface area contributed by atoms with Gasteiger partial charge in [0.25, 0.3) is 15.0 Å². The van der Waals surface area contributed by atoms with Gasteiger partial charge in [-0.3, -0.25) is 9.78 Å². The lowest BCUT2D eigenvalue weighted by Crippen LogP contribution is -2.23. The van der Waals surface area contributed by atoms with Crippen molar-refractivity contribution >= 4 is 25.6 Å². The van der Waals surface area contributed by atoms with Gasteiger partial charge in [-0.05, 0) is 19.1 Å². The number of nitrogens with one attached hydrogen (secondary N) is 1. The molecule has 7 heteroatoms. The SMILES string of the molecule is CCNC(=O)c1cc(S(=O)(=O)Cl)ccn1. The lowest BCUT2D eigenvalue weighted by molar-refractivity contribution is 0.0950. The van der Waals surface area contributed by atoms with Crippen molar-refractivity contribution in [2.45, 2.75) is 11.8 Å². The number of hydrogen-bond acceptors (Lipinski definition) is 4. The Hall–Kier alpha value is -1.14. The summed E-state index contributed by atoms with van der Waals surface area (Å²) in [5.41, 5.74) is 0.0265. The molecule has 1 aromatic rings. The number of halogens is 1. The minimum absolute atomic E-state index is 0.0265. The molecule has 0 aliphatic heterocycles. The monoisotopic (exact) mass is 248 g/mol. The molecule has 0 fully saturated rings. The maximum Gasteiger partial charge on any atom is 0.269 e. The number of pyridine rings is 1. The first kappa shape index (κ1) is 11.9. The second kappa shape index (κ2) is 4.59. The molecule has 1 amide bonds. The predicted octanol–water partition coefficient (Wildman–Crippen LogP) is 0.759. The molecular weight excluding hydrogens is 240 g/mol. The summed E-state index contributed by atoms with van der Waals surface area (Å²) < 4.78 is 21.9. The highest BCUT2D eigenvalue weighted by Crippen LogP contribution is 2.14. The molecule has 15 heavy (non-hydrogen) atoms. The van der Waals surface area contributed by atoms with E-state index in [-0.39, 0.29) is 10.6 Å². The quantitative estimate of drug-likeness (QED) is 0.802. The Morgan fingerprint density at radius 1 is 1.60 bits per heavy atom. The summed E-state index contributed by atoms with van der Waals surface area (Å²) in [6.07, 6.45) is 1.22. The third-order valence-electron chi connectivity index (χ3n) is 1.58. The lowest BCUT2D eigenvalue weighted by atomic mass is 10.3. The van der Waals surface area contributed by atoms with Gasteiger partial charge in [-0.25, -0.2) is 8.42 Å². The maximum absolute atomic E-state index is 11.3. The van der Waals surface area contributed by atoms with Crippen LogP contribution in [0.4, 0.5) is 0 Å². The van der Waals surface area contributed by atoms with Gasteiger partial charge >= 0.3 is 0 Å². The molecule has 1 rings (SSSR count). The van der Waals surface area contributed by atoms with Crippen LogP contribution in [0.2, 0.25) is 0 Å². The normalized spacial score (nSPS) is 11.1. The molecular formula is C8H9ClN2O3S. The molecule has 0 radical (unpaired) electrons. The van der Waals surface area contributed by atoms with Crippen LogP contribution in [0, 0.1) is 0 Å². The van der Waals surface area contributed by atoms with E-state index in [1.165, 1.54) is 12.3 Å². The molecule has 0 saturated heterocycles. The molecule has 1 aromatic heterocycles. The molecule has 5 nitrogen and oxygen atoms in total. The average Bonchev–Trinajstić information content (AvgIpc) is 2.17. The highest BCUT2D eigenvalue weighted by molar-refractivity contribution is 8.13. The fraction of sp³-hybridized carbons (Fsp3) is 0.250. The molecule has 0 spiro atoms. The van der Waals surface area contributed by atoms with Gasteiger partial charge < -0.3 is 5.32 Å². The number of aromatic nitrogens is 1. The van der Waals surface area contributed by atoms with Crippen LogP contribution in [0.15, 0.2) is 23.2 Å². The smallest absolute Gasteiger partial charge is 0.269 e.